The Balaban J connectivity index is 0.000000490. The van der Waals surface area contributed by atoms with Gasteiger partial charge in [-0.3, -0.25) is 4.79 Å². The Kier molecular flexibility index (Phi) is 2.75. The van der Waals surface area contributed by atoms with Crippen molar-refractivity contribution in [1.82, 2.24) is 4.90 Å². The van der Waals surface area contributed by atoms with Crippen LogP contribution in [0.3, 0.4) is 0 Å². The molecule has 3 heteroatoms. The second kappa shape index (κ2) is 2.87. The smallest absolute Gasteiger partial charge is 0.222 e. The fourth-order valence-electron chi connectivity index (χ4n) is 0.783. The molecule has 0 saturated carbocycles. The second-order valence-electron chi connectivity index (χ2n) is 1.92. The zero-order valence-electron chi connectivity index (χ0n) is 4.48. The average molecular weight is 131 g/mol. The van der Waals surface area contributed by atoms with Crippen molar-refractivity contribution in [3.8, 4) is 0 Å². The van der Waals surface area contributed by atoms with Gasteiger partial charge in [0.2, 0.25) is 5.91 Å². The molecule has 8 heavy (non-hydrogen) atoms. The van der Waals surface area contributed by atoms with E-state index in [2.05, 4.69) is 0 Å². The highest BCUT2D eigenvalue weighted by atomic mass is 28.1. The van der Waals surface area contributed by atoms with Crippen LogP contribution >= 0.6 is 0 Å². The van der Waals surface area contributed by atoms with Crippen LogP contribution in [0.2, 0.25) is 0 Å². The van der Waals surface area contributed by atoms with Gasteiger partial charge < -0.3 is 4.90 Å². The first kappa shape index (κ1) is 7.69. The lowest BCUT2D eigenvalue weighted by Crippen LogP contribution is -2.17. The van der Waals surface area contributed by atoms with Gasteiger partial charge in [0.05, 0.1) is 0 Å². The predicted octanol–water partition coefficient (Wildman–Crippen LogP) is -1.21. The molecular formula is C5H13NOSi. The van der Waals surface area contributed by atoms with E-state index in [1.54, 1.807) is 4.90 Å². The minimum absolute atomic E-state index is 0. The fourth-order valence-corrected chi connectivity index (χ4v) is 0.783. The number of amides is 1. The van der Waals surface area contributed by atoms with E-state index < -0.39 is 0 Å². The number of rotatable bonds is 0. The van der Waals surface area contributed by atoms with Crippen LogP contribution < -0.4 is 0 Å². The van der Waals surface area contributed by atoms with Crippen molar-refractivity contribution < 1.29 is 4.79 Å². The lowest BCUT2D eigenvalue weighted by atomic mass is 10.4. The van der Waals surface area contributed by atoms with E-state index in [0.29, 0.717) is 5.91 Å². The zero-order chi connectivity index (χ0) is 5.28. The number of carbonyl (C=O) groups is 1. The molecule has 0 aromatic heterocycles. The molecular weight excluding hydrogens is 118 g/mol. The monoisotopic (exact) mass is 131 g/mol. The summed E-state index contributed by atoms with van der Waals surface area (Å²) in [6.07, 6.45) is 1.81. The molecule has 0 bridgehead atoms. The van der Waals surface area contributed by atoms with Gasteiger partial charge in [0.1, 0.15) is 0 Å². The summed E-state index contributed by atoms with van der Waals surface area (Å²) in [4.78, 5) is 12.3. The van der Waals surface area contributed by atoms with Gasteiger partial charge in [-0.15, -0.1) is 0 Å². The summed E-state index contributed by atoms with van der Waals surface area (Å²) in [7, 11) is 1.84. The molecule has 0 radical (unpaired) electrons. The highest BCUT2D eigenvalue weighted by Crippen LogP contribution is 2.04. The summed E-state index contributed by atoms with van der Waals surface area (Å²) in [5, 5.41) is 0. The summed E-state index contributed by atoms with van der Waals surface area (Å²) >= 11 is 0. The molecule has 1 aliphatic rings. The van der Waals surface area contributed by atoms with Crippen LogP contribution in [0.5, 0.6) is 0 Å². The molecule has 0 N–H and O–H groups in total. The lowest BCUT2D eigenvalue weighted by Gasteiger charge is -2.03. The molecule has 1 rings (SSSR count). The van der Waals surface area contributed by atoms with Crippen molar-refractivity contribution in [2.45, 2.75) is 12.8 Å². The number of hydrogen-bond acceptors (Lipinski definition) is 1. The third-order valence-electron chi connectivity index (χ3n) is 1.31. The number of hydrogen-bond donors (Lipinski definition) is 0. The van der Waals surface area contributed by atoms with Crippen LogP contribution in [-0.4, -0.2) is 35.4 Å². The minimum atomic E-state index is 0. The molecule has 48 valence electrons. The van der Waals surface area contributed by atoms with E-state index in [1.165, 1.54) is 0 Å². The first-order chi connectivity index (χ1) is 3.30. The summed E-state index contributed by atoms with van der Waals surface area (Å²) in [5.74, 6) is 0.292. The zero-order valence-corrected chi connectivity index (χ0v) is 4.48. The van der Waals surface area contributed by atoms with Gasteiger partial charge in [-0.1, -0.05) is 0 Å². The molecule has 0 spiro atoms. The first-order valence-electron chi connectivity index (χ1n) is 2.54. The molecule has 2 nitrogen and oxygen atoms in total. The van der Waals surface area contributed by atoms with Gasteiger partial charge in [0.25, 0.3) is 0 Å². The van der Waals surface area contributed by atoms with Crippen molar-refractivity contribution in [1.29, 1.82) is 0 Å². The Labute approximate surface area is 53.9 Å². The van der Waals surface area contributed by atoms with Crippen LogP contribution in [-0.2, 0) is 4.79 Å². The average Bonchev–Trinajstić information content (AvgIpc) is 1.91. The number of carbonyl (C=O) groups excluding carboxylic acids is 1. The topological polar surface area (TPSA) is 20.3 Å². The molecule has 0 aliphatic carbocycles. The molecule has 1 saturated heterocycles. The Bertz CT molecular complexity index is 94.4. The largest absolute Gasteiger partial charge is 0.346 e. The minimum Gasteiger partial charge on any atom is -0.346 e. The molecule has 0 atom stereocenters. The molecule has 1 amide bonds. The van der Waals surface area contributed by atoms with E-state index in [9.17, 15) is 4.79 Å². The van der Waals surface area contributed by atoms with Gasteiger partial charge in [0, 0.05) is 20.0 Å². The molecule has 0 aromatic rings. The van der Waals surface area contributed by atoms with Crippen molar-refractivity contribution in [3.05, 3.63) is 0 Å². The summed E-state index contributed by atoms with van der Waals surface area (Å²) in [5.41, 5.74) is 0. The van der Waals surface area contributed by atoms with Gasteiger partial charge in [-0.2, -0.15) is 0 Å². The van der Waals surface area contributed by atoms with Crippen molar-refractivity contribution in [2.24, 2.45) is 0 Å². The van der Waals surface area contributed by atoms with Gasteiger partial charge >= 0.3 is 0 Å². The second-order valence-corrected chi connectivity index (χ2v) is 1.92. The maximum Gasteiger partial charge on any atom is 0.222 e. The molecule has 1 heterocycles. The molecule has 1 fully saturated rings. The van der Waals surface area contributed by atoms with E-state index in [-0.39, 0.29) is 11.0 Å². The fraction of sp³-hybridized carbons (Fsp3) is 0.800. The quantitative estimate of drug-likeness (QED) is 0.378. The summed E-state index contributed by atoms with van der Waals surface area (Å²) in [6, 6.07) is 0. The summed E-state index contributed by atoms with van der Waals surface area (Å²) in [6.45, 7) is 0.957. The molecule has 0 unspecified atom stereocenters. The Hall–Kier alpha value is -0.313. The van der Waals surface area contributed by atoms with Crippen LogP contribution in [0.25, 0.3) is 0 Å². The highest BCUT2D eigenvalue weighted by molar-refractivity contribution is 5.77. The van der Waals surface area contributed by atoms with Crippen LogP contribution in [0, 0.1) is 0 Å². The van der Waals surface area contributed by atoms with Gasteiger partial charge in [0.15, 0.2) is 0 Å². The first-order valence-corrected chi connectivity index (χ1v) is 2.54. The number of nitrogens with zero attached hydrogens (tertiary/aromatic N) is 1. The maximum atomic E-state index is 10.5. The highest BCUT2D eigenvalue weighted by Gasteiger charge is 2.14. The van der Waals surface area contributed by atoms with Gasteiger partial charge in [-0.25, -0.2) is 0 Å². The van der Waals surface area contributed by atoms with Crippen LogP contribution in [0.4, 0.5) is 0 Å². The lowest BCUT2D eigenvalue weighted by molar-refractivity contribution is -0.126. The Morgan fingerprint density at radius 1 is 1.62 bits per heavy atom. The predicted molar refractivity (Wildman–Crippen MR) is 38.2 cm³/mol. The standard InChI is InChI=1S/C5H9NO.H4Si/c1-6-4-2-3-5(6)7;/h2-4H2,1H3;1H4. The van der Waals surface area contributed by atoms with Crippen molar-refractivity contribution >= 4 is 16.9 Å². The molecule has 0 aromatic carbocycles. The van der Waals surface area contributed by atoms with E-state index in [1.807, 2.05) is 7.05 Å². The Morgan fingerprint density at radius 2 is 2.25 bits per heavy atom. The van der Waals surface area contributed by atoms with Crippen molar-refractivity contribution in [2.75, 3.05) is 13.6 Å². The normalized spacial score (nSPS) is 18.6. The number of likely N-dealkylation sites (tertiary alicyclic amines) is 1. The van der Waals surface area contributed by atoms with E-state index >= 15 is 0 Å². The van der Waals surface area contributed by atoms with Crippen LogP contribution in [0.1, 0.15) is 12.8 Å². The van der Waals surface area contributed by atoms with E-state index in [0.717, 1.165) is 19.4 Å². The molecule has 1 aliphatic heterocycles. The summed E-state index contributed by atoms with van der Waals surface area (Å²) < 4.78 is 0. The van der Waals surface area contributed by atoms with Crippen LogP contribution in [0.15, 0.2) is 0 Å². The third kappa shape index (κ3) is 1.33. The SMILES string of the molecule is CN1CCCC1=O.[SiH4]. The van der Waals surface area contributed by atoms with Gasteiger partial charge in [-0.05, 0) is 17.4 Å². The van der Waals surface area contributed by atoms with Crippen molar-refractivity contribution in [3.63, 3.8) is 0 Å². The van der Waals surface area contributed by atoms with E-state index in [4.69, 9.17) is 0 Å². The third-order valence-corrected chi connectivity index (χ3v) is 1.31. The Morgan fingerprint density at radius 3 is 2.38 bits per heavy atom. The maximum absolute atomic E-state index is 10.5.